The molecule has 0 saturated heterocycles. The molecule has 3 atom stereocenters. The monoisotopic (exact) mass is 970 g/mol. The molecule has 0 spiro atoms. The Morgan fingerprint density at radius 1 is 0.348 bits per heavy atom. The van der Waals surface area contributed by atoms with Gasteiger partial charge in [-0.15, -0.1) is 0 Å². The van der Waals surface area contributed by atoms with Crippen LogP contribution in [-0.4, -0.2) is 46.1 Å². The number of amides is 1. The second-order valence-electron chi connectivity index (χ2n) is 21.6. The van der Waals surface area contributed by atoms with Crippen LogP contribution in [0.5, 0.6) is 0 Å². The SMILES string of the molecule is CCCCCCCCCCC/C=C/CC/C=C/CCCC(O)C(O)C(CO)NC(=O)CCCCCCCCCCCCCCCCCCC/C=C\CCCCCCCCCCCCCCCCCC. The summed E-state index contributed by atoms with van der Waals surface area (Å²) in [4.78, 5) is 12.5. The Balaban J connectivity index is 3.49. The number of carbonyl (C=O) groups is 1. The third-order valence-corrected chi connectivity index (χ3v) is 14.7. The van der Waals surface area contributed by atoms with Crippen LogP contribution in [0, 0.1) is 0 Å². The van der Waals surface area contributed by atoms with Crippen molar-refractivity contribution in [3.05, 3.63) is 36.5 Å². The van der Waals surface area contributed by atoms with Crippen molar-refractivity contribution in [1.29, 1.82) is 0 Å². The number of hydrogen-bond donors (Lipinski definition) is 4. The maximum Gasteiger partial charge on any atom is 0.220 e. The van der Waals surface area contributed by atoms with Crippen molar-refractivity contribution in [3.63, 3.8) is 0 Å². The van der Waals surface area contributed by atoms with E-state index in [1.54, 1.807) is 0 Å². The molecule has 5 heteroatoms. The molecule has 0 aromatic carbocycles. The first-order chi connectivity index (χ1) is 34.1. The van der Waals surface area contributed by atoms with Gasteiger partial charge in [0, 0.05) is 6.42 Å². The molecule has 0 radical (unpaired) electrons. The fraction of sp³-hybridized carbons (Fsp3) is 0.891. The summed E-state index contributed by atoms with van der Waals surface area (Å²) in [5.74, 6) is -0.153. The first-order valence-corrected chi connectivity index (χ1v) is 31.3. The van der Waals surface area contributed by atoms with Gasteiger partial charge in [0.1, 0.15) is 6.10 Å². The van der Waals surface area contributed by atoms with Gasteiger partial charge in [-0.3, -0.25) is 4.79 Å². The third-order valence-electron chi connectivity index (χ3n) is 14.7. The number of allylic oxidation sites excluding steroid dienone is 6. The number of aliphatic hydroxyl groups excluding tert-OH is 3. The van der Waals surface area contributed by atoms with Crippen LogP contribution < -0.4 is 5.32 Å². The molecule has 0 rings (SSSR count). The van der Waals surface area contributed by atoms with Gasteiger partial charge in [-0.2, -0.15) is 0 Å². The average molecular weight is 971 g/mol. The minimum atomic E-state index is -1.17. The average Bonchev–Trinajstić information content (AvgIpc) is 3.35. The second-order valence-corrected chi connectivity index (χ2v) is 21.6. The lowest BCUT2D eigenvalue weighted by atomic mass is 10.0. The fourth-order valence-corrected chi connectivity index (χ4v) is 9.88. The van der Waals surface area contributed by atoms with Crippen molar-refractivity contribution in [3.8, 4) is 0 Å². The highest BCUT2D eigenvalue weighted by Crippen LogP contribution is 2.18. The first kappa shape index (κ1) is 67.6. The molecule has 0 aliphatic heterocycles. The van der Waals surface area contributed by atoms with Crippen molar-refractivity contribution >= 4 is 5.91 Å². The lowest BCUT2D eigenvalue weighted by Crippen LogP contribution is -2.50. The fourth-order valence-electron chi connectivity index (χ4n) is 9.88. The summed E-state index contributed by atoms with van der Waals surface area (Å²) in [6, 6.07) is -0.832. The van der Waals surface area contributed by atoms with Crippen LogP contribution in [0.15, 0.2) is 36.5 Å². The Morgan fingerprint density at radius 2 is 0.594 bits per heavy atom. The molecular formula is C64H123NO4. The summed E-state index contributed by atoms with van der Waals surface area (Å²) in [5, 5.41) is 33.7. The minimum absolute atomic E-state index is 0.153. The van der Waals surface area contributed by atoms with Gasteiger partial charge in [0.25, 0.3) is 0 Å². The van der Waals surface area contributed by atoms with Crippen LogP contribution >= 0.6 is 0 Å². The van der Waals surface area contributed by atoms with Crippen LogP contribution in [0.3, 0.4) is 0 Å². The molecule has 0 heterocycles. The topological polar surface area (TPSA) is 89.8 Å². The van der Waals surface area contributed by atoms with Gasteiger partial charge in [-0.05, 0) is 77.0 Å². The van der Waals surface area contributed by atoms with Gasteiger partial charge in [-0.25, -0.2) is 0 Å². The van der Waals surface area contributed by atoms with E-state index in [1.807, 2.05) is 0 Å². The van der Waals surface area contributed by atoms with E-state index in [4.69, 9.17) is 0 Å². The lowest BCUT2D eigenvalue weighted by Gasteiger charge is -2.26. The number of carbonyl (C=O) groups excluding carboxylic acids is 1. The maximum absolute atomic E-state index is 12.5. The van der Waals surface area contributed by atoms with Gasteiger partial charge in [0.2, 0.25) is 5.91 Å². The van der Waals surface area contributed by atoms with E-state index in [1.165, 1.54) is 270 Å². The summed E-state index contributed by atoms with van der Waals surface area (Å²) in [6.07, 6.45) is 77.7. The molecule has 1 amide bonds. The number of nitrogens with one attached hydrogen (secondary N) is 1. The van der Waals surface area contributed by atoms with Gasteiger partial charge in [0.05, 0.1) is 18.8 Å². The molecule has 4 N–H and O–H groups in total. The van der Waals surface area contributed by atoms with Crippen LogP contribution in [0.1, 0.15) is 341 Å². The summed E-state index contributed by atoms with van der Waals surface area (Å²) in [6.45, 7) is 4.20. The number of rotatable bonds is 58. The predicted molar refractivity (Wildman–Crippen MR) is 305 cm³/mol. The molecule has 408 valence electrons. The molecule has 5 nitrogen and oxygen atoms in total. The standard InChI is InChI=1S/C64H123NO4/c1-3-5-7-9-11-13-15-17-19-21-23-24-25-26-27-28-29-30-31-32-33-34-35-36-37-38-39-40-41-43-45-47-49-51-53-55-57-59-63(68)65-61(60-66)64(69)62(67)58-56-54-52-50-48-46-44-42-22-20-18-16-14-12-10-8-6-4-2/h30-31,42,44,50,52,61-62,64,66-67,69H,3-29,32-41,43,45-49,51,53-60H2,1-2H3,(H,65,68)/b31-30-,44-42+,52-50+. The molecular weight excluding hydrogens is 847 g/mol. The maximum atomic E-state index is 12.5. The van der Waals surface area contributed by atoms with Crippen LogP contribution in [0.4, 0.5) is 0 Å². The molecule has 0 saturated carbocycles. The van der Waals surface area contributed by atoms with Crippen molar-refractivity contribution in [2.45, 2.75) is 360 Å². The Kier molecular flexibility index (Phi) is 57.9. The van der Waals surface area contributed by atoms with Crippen LogP contribution in [0.25, 0.3) is 0 Å². The van der Waals surface area contributed by atoms with E-state index in [9.17, 15) is 20.1 Å². The van der Waals surface area contributed by atoms with Crippen molar-refractivity contribution < 1.29 is 20.1 Å². The molecule has 0 aromatic rings. The Morgan fingerprint density at radius 3 is 0.884 bits per heavy atom. The predicted octanol–water partition coefficient (Wildman–Crippen LogP) is 19.8. The summed E-state index contributed by atoms with van der Waals surface area (Å²) in [7, 11) is 0. The van der Waals surface area contributed by atoms with Gasteiger partial charge in [-0.1, -0.05) is 294 Å². The van der Waals surface area contributed by atoms with E-state index >= 15 is 0 Å². The Bertz CT molecular complexity index is 1070. The van der Waals surface area contributed by atoms with E-state index in [0.717, 1.165) is 44.9 Å². The lowest BCUT2D eigenvalue weighted by molar-refractivity contribution is -0.124. The van der Waals surface area contributed by atoms with Crippen molar-refractivity contribution in [2.75, 3.05) is 6.61 Å². The third kappa shape index (κ3) is 54.2. The molecule has 0 aliphatic rings. The van der Waals surface area contributed by atoms with Gasteiger partial charge < -0.3 is 20.6 Å². The zero-order valence-electron chi connectivity index (χ0n) is 46.7. The highest BCUT2D eigenvalue weighted by Gasteiger charge is 2.26. The Hall–Kier alpha value is -1.43. The zero-order valence-corrected chi connectivity index (χ0v) is 46.7. The zero-order chi connectivity index (χ0) is 50.0. The molecule has 0 aliphatic carbocycles. The Labute approximate surface area is 432 Å². The van der Waals surface area contributed by atoms with E-state index in [0.29, 0.717) is 12.8 Å². The van der Waals surface area contributed by atoms with E-state index < -0.39 is 18.2 Å². The number of aliphatic hydroxyl groups is 3. The molecule has 3 unspecified atom stereocenters. The van der Waals surface area contributed by atoms with Gasteiger partial charge in [0.15, 0.2) is 0 Å². The molecule has 0 fully saturated rings. The molecule has 0 bridgehead atoms. The van der Waals surface area contributed by atoms with E-state index in [-0.39, 0.29) is 12.5 Å². The summed E-state index contributed by atoms with van der Waals surface area (Å²) >= 11 is 0. The van der Waals surface area contributed by atoms with Gasteiger partial charge >= 0.3 is 0 Å². The largest absolute Gasteiger partial charge is 0.394 e. The second kappa shape index (κ2) is 59.1. The van der Waals surface area contributed by atoms with Crippen LogP contribution in [-0.2, 0) is 4.79 Å². The number of unbranched alkanes of at least 4 members (excludes halogenated alkanes) is 44. The highest BCUT2D eigenvalue weighted by atomic mass is 16.3. The minimum Gasteiger partial charge on any atom is -0.394 e. The quantitative estimate of drug-likeness (QED) is 0.0361. The van der Waals surface area contributed by atoms with Crippen molar-refractivity contribution in [2.24, 2.45) is 0 Å². The normalized spacial score (nSPS) is 13.4. The van der Waals surface area contributed by atoms with E-state index in [2.05, 4.69) is 55.6 Å². The summed E-state index contributed by atoms with van der Waals surface area (Å²) in [5.41, 5.74) is 0. The molecule has 69 heavy (non-hydrogen) atoms. The van der Waals surface area contributed by atoms with Crippen molar-refractivity contribution in [1.82, 2.24) is 5.32 Å². The van der Waals surface area contributed by atoms with Crippen LogP contribution in [0.2, 0.25) is 0 Å². The molecule has 0 aromatic heterocycles. The first-order valence-electron chi connectivity index (χ1n) is 31.3. The smallest absolute Gasteiger partial charge is 0.220 e. The number of hydrogen-bond acceptors (Lipinski definition) is 4. The highest BCUT2D eigenvalue weighted by molar-refractivity contribution is 5.76. The summed E-state index contributed by atoms with van der Waals surface area (Å²) < 4.78 is 0.